The van der Waals surface area contributed by atoms with Crippen molar-refractivity contribution in [3.63, 3.8) is 0 Å². The zero-order valence-electron chi connectivity index (χ0n) is 15.4. The summed E-state index contributed by atoms with van der Waals surface area (Å²) >= 11 is 0. The zero-order valence-corrected chi connectivity index (χ0v) is 15.4. The topological polar surface area (TPSA) is 67.8 Å². The SMILES string of the molecule is Cc1nc2c3c(c(N4CCOCC4)cc(N4CCOCC4)c3n1)C(=O)C=C2. The lowest BCUT2D eigenvalue weighted by atomic mass is 9.93. The van der Waals surface area contributed by atoms with Crippen LogP contribution < -0.4 is 9.80 Å². The van der Waals surface area contributed by atoms with Gasteiger partial charge in [-0.3, -0.25) is 4.79 Å². The number of benzene rings is 1. The Labute approximate surface area is 157 Å². The van der Waals surface area contributed by atoms with E-state index in [1.807, 2.05) is 13.0 Å². The summed E-state index contributed by atoms with van der Waals surface area (Å²) in [6, 6.07) is 2.14. The quantitative estimate of drug-likeness (QED) is 0.803. The molecule has 0 N–H and O–H groups in total. The van der Waals surface area contributed by atoms with E-state index in [0.29, 0.717) is 26.4 Å². The molecule has 0 bridgehead atoms. The van der Waals surface area contributed by atoms with E-state index in [1.54, 1.807) is 6.08 Å². The van der Waals surface area contributed by atoms with E-state index < -0.39 is 0 Å². The fourth-order valence-corrected chi connectivity index (χ4v) is 4.13. The smallest absolute Gasteiger partial charge is 0.188 e. The van der Waals surface area contributed by atoms with Crippen LogP contribution in [-0.4, -0.2) is 68.4 Å². The van der Waals surface area contributed by atoms with Crippen molar-refractivity contribution >= 4 is 34.1 Å². The third-order valence-corrected chi connectivity index (χ3v) is 5.41. The largest absolute Gasteiger partial charge is 0.378 e. The van der Waals surface area contributed by atoms with Crippen molar-refractivity contribution in [3.05, 3.63) is 29.2 Å². The van der Waals surface area contributed by atoms with Crippen LogP contribution in [0.1, 0.15) is 21.9 Å². The Morgan fingerprint density at radius 1 is 0.889 bits per heavy atom. The summed E-state index contributed by atoms with van der Waals surface area (Å²) < 4.78 is 11.1. The molecule has 1 aromatic heterocycles. The van der Waals surface area contributed by atoms with Crippen molar-refractivity contribution in [3.8, 4) is 0 Å². The van der Waals surface area contributed by atoms with Crippen molar-refractivity contribution in [2.45, 2.75) is 6.92 Å². The highest BCUT2D eigenvalue weighted by Gasteiger charge is 2.29. The number of ether oxygens (including phenoxy) is 2. The van der Waals surface area contributed by atoms with Gasteiger partial charge in [0.25, 0.3) is 0 Å². The summed E-state index contributed by atoms with van der Waals surface area (Å²) in [5.74, 6) is 0.742. The number of ketones is 1. The van der Waals surface area contributed by atoms with Crippen LogP contribution in [0.2, 0.25) is 0 Å². The molecule has 0 saturated carbocycles. The van der Waals surface area contributed by atoms with Crippen molar-refractivity contribution < 1.29 is 14.3 Å². The molecule has 0 radical (unpaired) electrons. The van der Waals surface area contributed by atoms with E-state index in [0.717, 1.165) is 65.5 Å². The molecule has 1 aliphatic carbocycles. The summed E-state index contributed by atoms with van der Waals surface area (Å²) in [5, 5.41) is 0.874. The van der Waals surface area contributed by atoms with Gasteiger partial charge in [0.2, 0.25) is 0 Å². The number of rotatable bonds is 2. The first-order valence-electron chi connectivity index (χ1n) is 9.45. The minimum absolute atomic E-state index is 0.0231. The third kappa shape index (κ3) is 2.78. The molecule has 0 amide bonds. The number of carbonyl (C=O) groups excluding carboxylic acids is 1. The maximum atomic E-state index is 12.9. The average Bonchev–Trinajstić information content (AvgIpc) is 2.71. The van der Waals surface area contributed by atoms with Gasteiger partial charge in [0.15, 0.2) is 5.78 Å². The summed E-state index contributed by atoms with van der Waals surface area (Å²) in [7, 11) is 0. The van der Waals surface area contributed by atoms with Crippen LogP contribution in [0.3, 0.4) is 0 Å². The van der Waals surface area contributed by atoms with Gasteiger partial charge in [-0.05, 0) is 25.1 Å². The van der Waals surface area contributed by atoms with Crippen LogP contribution in [0.5, 0.6) is 0 Å². The number of hydrogen-bond acceptors (Lipinski definition) is 7. The van der Waals surface area contributed by atoms with Gasteiger partial charge in [0.1, 0.15) is 5.82 Å². The Morgan fingerprint density at radius 2 is 1.52 bits per heavy atom. The lowest BCUT2D eigenvalue weighted by Crippen LogP contribution is -2.39. The van der Waals surface area contributed by atoms with Crippen LogP contribution in [0, 0.1) is 6.92 Å². The van der Waals surface area contributed by atoms with Crippen molar-refractivity contribution in [2.75, 3.05) is 62.4 Å². The van der Waals surface area contributed by atoms with E-state index in [2.05, 4.69) is 20.9 Å². The highest BCUT2D eigenvalue weighted by atomic mass is 16.5. The fraction of sp³-hybridized carbons (Fsp3) is 0.450. The molecule has 2 aliphatic heterocycles. The molecule has 27 heavy (non-hydrogen) atoms. The lowest BCUT2D eigenvalue weighted by Gasteiger charge is -2.35. The first kappa shape index (κ1) is 16.6. The zero-order chi connectivity index (χ0) is 18.4. The summed E-state index contributed by atoms with van der Waals surface area (Å²) in [6.07, 6.45) is 3.44. The molecule has 3 aliphatic rings. The highest BCUT2D eigenvalue weighted by Crippen LogP contribution is 2.40. The van der Waals surface area contributed by atoms with Crippen molar-refractivity contribution in [1.82, 2.24) is 9.97 Å². The maximum Gasteiger partial charge on any atom is 0.188 e. The van der Waals surface area contributed by atoms with Gasteiger partial charge < -0.3 is 19.3 Å². The Balaban J connectivity index is 1.79. The predicted molar refractivity (Wildman–Crippen MR) is 104 cm³/mol. The number of nitrogens with zero attached hydrogens (tertiary/aromatic N) is 4. The molecule has 0 spiro atoms. The monoisotopic (exact) mass is 366 g/mol. The maximum absolute atomic E-state index is 12.9. The second-order valence-electron chi connectivity index (χ2n) is 7.07. The number of allylic oxidation sites excluding steroid dienone is 1. The molecule has 1 aromatic carbocycles. The van der Waals surface area contributed by atoms with Crippen LogP contribution in [-0.2, 0) is 9.47 Å². The normalized spacial score (nSPS) is 19.8. The number of carbonyl (C=O) groups is 1. The molecule has 0 unspecified atom stereocenters. The molecule has 5 rings (SSSR count). The summed E-state index contributed by atoms with van der Waals surface area (Å²) in [6.45, 7) is 7.84. The first-order valence-corrected chi connectivity index (χ1v) is 9.45. The van der Waals surface area contributed by atoms with E-state index >= 15 is 0 Å². The van der Waals surface area contributed by atoms with Crippen LogP contribution in [0.15, 0.2) is 12.1 Å². The molecule has 3 heterocycles. The van der Waals surface area contributed by atoms with E-state index in [-0.39, 0.29) is 5.78 Å². The van der Waals surface area contributed by atoms with Gasteiger partial charge in [-0.15, -0.1) is 0 Å². The predicted octanol–water partition coefficient (Wildman–Crippen LogP) is 1.82. The van der Waals surface area contributed by atoms with Gasteiger partial charge in [-0.1, -0.05) is 0 Å². The van der Waals surface area contributed by atoms with Gasteiger partial charge in [0.05, 0.1) is 54.6 Å². The number of hydrogen-bond donors (Lipinski definition) is 0. The van der Waals surface area contributed by atoms with Crippen molar-refractivity contribution in [2.24, 2.45) is 0 Å². The molecule has 7 nitrogen and oxygen atoms in total. The molecule has 2 aromatic rings. The average molecular weight is 366 g/mol. The Morgan fingerprint density at radius 3 is 2.19 bits per heavy atom. The fourth-order valence-electron chi connectivity index (χ4n) is 4.13. The number of aryl methyl sites for hydroxylation is 1. The Kier molecular flexibility index (Phi) is 4.06. The summed E-state index contributed by atoms with van der Waals surface area (Å²) in [4.78, 5) is 26.8. The van der Waals surface area contributed by atoms with E-state index in [9.17, 15) is 4.79 Å². The minimum Gasteiger partial charge on any atom is -0.378 e. The van der Waals surface area contributed by atoms with E-state index in [1.165, 1.54) is 0 Å². The first-order chi connectivity index (χ1) is 13.2. The molecule has 2 fully saturated rings. The Bertz CT molecular complexity index is 944. The lowest BCUT2D eigenvalue weighted by molar-refractivity contribution is 0.104. The van der Waals surface area contributed by atoms with Crippen LogP contribution >= 0.6 is 0 Å². The molecule has 0 atom stereocenters. The summed E-state index contributed by atoms with van der Waals surface area (Å²) in [5.41, 5.74) is 4.45. The van der Waals surface area contributed by atoms with Crippen LogP contribution in [0.25, 0.3) is 17.0 Å². The Hall–Kier alpha value is -2.51. The van der Waals surface area contributed by atoms with Gasteiger partial charge >= 0.3 is 0 Å². The van der Waals surface area contributed by atoms with Crippen LogP contribution in [0.4, 0.5) is 11.4 Å². The van der Waals surface area contributed by atoms with Crippen molar-refractivity contribution in [1.29, 1.82) is 0 Å². The van der Waals surface area contributed by atoms with Gasteiger partial charge in [-0.2, -0.15) is 0 Å². The number of morpholine rings is 2. The molecule has 140 valence electrons. The number of aromatic nitrogens is 2. The number of anilines is 2. The molecule has 2 saturated heterocycles. The second kappa shape index (κ2) is 6.58. The highest BCUT2D eigenvalue weighted by molar-refractivity contribution is 6.24. The molecular formula is C20H22N4O3. The molecular weight excluding hydrogens is 344 g/mol. The third-order valence-electron chi connectivity index (χ3n) is 5.41. The minimum atomic E-state index is 0.0231. The molecule has 7 heteroatoms. The van der Waals surface area contributed by atoms with Gasteiger partial charge in [-0.25, -0.2) is 9.97 Å². The van der Waals surface area contributed by atoms with Gasteiger partial charge in [0, 0.05) is 31.6 Å². The van der Waals surface area contributed by atoms with E-state index in [4.69, 9.17) is 14.5 Å². The standard InChI is InChI=1S/C20H22N4O3/c1-13-21-14-2-3-17(25)19-15(23-4-8-26-9-5-23)12-16(20(22-13)18(14)19)24-6-10-27-11-7-24/h2-3,12H,4-11H2,1H3. The second-order valence-corrected chi connectivity index (χ2v) is 7.07.